The first kappa shape index (κ1) is 22.9. The molecule has 32 heavy (non-hydrogen) atoms. The van der Waals surface area contributed by atoms with Crippen molar-refractivity contribution in [3.05, 3.63) is 95.1 Å². The van der Waals surface area contributed by atoms with Crippen molar-refractivity contribution < 1.29 is 32.5 Å². The van der Waals surface area contributed by atoms with E-state index in [9.17, 15) is 23.1 Å². The lowest BCUT2D eigenvalue weighted by Crippen LogP contribution is -2.06. The van der Waals surface area contributed by atoms with Crippen LogP contribution in [0, 0.1) is 0 Å². The van der Waals surface area contributed by atoms with Gasteiger partial charge in [0.25, 0.3) is 0 Å². The number of ether oxygens (including phenoxy) is 2. The third-order valence-electron chi connectivity index (χ3n) is 4.72. The fourth-order valence-electron chi connectivity index (χ4n) is 3.02. The summed E-state index contributed by atoms with van der Waals surface area (Å²) in [5, 5.41) is 9.82. The zero-order valence-electron chi connectivity index (χ0n) is 17.2. The summed E-state index contributed by atoms with van der Waals surface area (Å²) in [4.78, 5) is 12.4. The molecule has 3 aromatic carbocycles. The Morgan fingerprint density at radius 3 is 2.31 bits per heavy atom. The molecule has 3 rings (SSSR count). The fraction of sp³-hybridized carbons (Fsp3) is 0.160. The second-order valence-corrected chi connectivity index (χ2v) is 6.99. The fourth-order valence-corrected chi connectivity index (χ4v) is 3.02. The van der Waals surface area contributed by atoms with E-state index in [0.717, 1.165) is 23.3 Å². The van der Waals surface area contributed by atoms with Crippen LogP contribution in [0.3, 0.4) is 0 Å². The van der Waals surface area contributed by atoms with E-state index in [1.807, 2.05) is 0 Å². The maximum absolute atomic E-state index is 12.7. The zero-order valence-corrected chi connectivity index (χ0v) is 17.2. The molecule has 0 bridgehead atoms. The van der Waals surface area contributed by atoms with Crippen molar-refractivity contribution in [2.24, 2.45) is 0 Å². The van der Waals surface area contributed by atoms with E-state index < -0.39 is 11.7 Å². The molecule has 7 heteroatoms. The monoisotopic (exact) mass is 442 g/mol. The second kappa shape index (κ2) is 10.0. The molecule has 0 amide bonds. The molecule has 0 spiro atoms. The minimum absolute atomic E-state index is 0.0205. The van der Waals surface area contributed by atoms with E-state index in [0.29, 0.717) is 17.1 Å². The molecule has 166 valence electrons. The summed E-state index contributed by atoms with van der Waals surface area (Å²) in [5.41, 5.74) is 1.42. The summed E-state index contributed by atoms with van der Waals surface area (Å²) >= 11 is 0. The van der Waals surface area contributed by atoms with Gasteiger partial charge in [-0.25, -0.2) is 0 Å². The Kier molecular flexibility index (Phi) is 7.20. The number of carbonyl (C=O) groups excluding carboxylic acids is 1. The summed E-state index contributed by atoms with van der Waals surface area (Å²) in [6, 6.07) is 16.5. The summed E-state index contributed by atoms with van der Waals surface area (Å²) in [5.74, 6) is 0.476. The second-order valence-electron chi connectivity index (χ2n) is 6.99. The van der Waals surface area contributed by atoms with Gasteiger partial charge in [0.1, 0.15) is 12.4 Å². The van der Waals surface area contributed by atoms with Gasteiger partial charge in [-0.15, -0.1) is 0 Å². The van der Waals surface area contributed by atoms with Crippen molar-refractivity contribution in [2.75, 3.05) is 7.11 Å². The van der Waals surface area contributed by atoms with Gasteiger partial charge in [-0.3, -0.25) is 4.79 Å². The summed E-state index contributed by atoms with van der Waals surface area (Å²) in [6.45, 7) is 0.116. The highest BCUT2D eigenvalue weighted by Crippen LogP contribution is 2.30. The van der Waals surface area contributed by atoms with E-state index >= 15 is 0 Å². The number of halogens is 3. The van der Waals surface area contributed by atoms with Crippen molar-refractivity contribution in [2.45, 2.75) is 19.2 Å². The Balaban J connectivity index is 1.63. The van der Waals surface area contributed by atoms with Gasteiger partial charge in [0, 0.05) is 6.42 Å². The number of methoxy groups -OCH3 is 1. The van der Waals surface area contributed by atoms with Crippen LogP contribution in [0.25, 0.3) is 6.08 Å². The number of ketones is 1. The maximum atomic E-state index is 12.7. The van der Waals surface area contributed by atoms with Crippen LogP contribution in [0.4, 0.5) is 13.2 Å². The highest BCUT2D eigenvalue weighted by Gasteiger charge is 2.30. The predicted molar refractivity (Wildman–Crippen MR) is 115 cm³/mol. The van der Waals surface area contributed by atoms with Crippen molar-refractivity contribution in [1.29, 1.82) is 0 Å². The third-order valence-corrected chi connectivity index (χ3v) is 4.72. The average molecular weight is 442 g/mol. The van der Waals surface area contributed by atoms with Crippen LogP contribution in [-0.2, 0) is 24.0 Å². The molecule has 3 aromatic rings. The molecule has 0 heterocycles. The molecule has 0 aliphatic carbocycles. The highest BCUT2D eigenvalue weighted by atomic mass is 19.4. The van der Waals surface area contributed by atoms with Gasteiger partial charge in [0.2, 0.25) is 0 Å². The first-order valence-corrected chi connectivity index (χ1v) is 9.71. The number of phenols is 1. The molecule has 4 nitrogen and oxygen atoms in total. The first-order valence-electron chi connectivity index (χ1n) is 9.71. The molecule has 0 aliphatic heterocycles. The normalized spacial score (nSPS) is 11.5. The third kappa shape index (κ3) is 6.14. The van der Waals surface area contributed by atoms with Crippen LogP contribution in [0.1, 0.15) is 22.3 Å². The number of hydrogen-bond donors (Lipinski definition) is 1. The van der Waals surface area contributed by atoms with Gasteiger partial charge in [-0.2, -0.15) is 13.2 Å². The van der Waals surface area contributed by atoms with Crippen molar-refractivity contribution in [1.82, 2.24) is 0 Å². The molecule has 0 aliphatic rings. The Hall–Kier alpha value is -3.74. The number of phenolic OH excluding ortho intramolecular Hbond substituents is 1. The summed E-state index contributed by atoms with van der Waals surface area (Å²) in [7, 11) is 1.45. The lowest BCUT2D eigenvalue weighted by molar-refractivity contribution is -0.137. The molecule has 0 saturated carbocycles. The lowest BCUT2D eigenvalue weighted by Gasteiger charge is -2.11. The van der Waals surface area contributed by atoms with E-state index in [4.69, 9.17) is 9.47 Å². The lowest BCUT2D eigenvalue weighted by atomic mass is 10.0. The van der Waals surface area contributed by atoms with E-state index in [1.54, 1.807) is 42.5 Å². The maximum Gasteiger partial charge on any atom is 0.416 e. The highest BCUT2D eigenvalue weighted by molar-refractivity contribution is 5.95. The minimum atomic E-state index is -4.40. The number of aromatic hydroxyl groups is 1. The molecule has 0 fully saturated rings. The molecule has 0 unspecified atom stereocenters. The van der Waals surface area contributed by atoms with Crippen molar-refractivity contribution in [3.63, 3.8) is 0 Å². The van der Waals surface area contributed by atoms with Crippen molar-refractivity contribution >= 4 is 11.9 Å². The Morgan fingerprint density at radius 1 is 1.00 bits per heavy atom. The summed E-state index contributed by atoms with van der Waals surface area (Å²) < 4.78 is 48.6. The van der Waals surface area contributed by atoms with Crippen LogP contribution in [0.2, 0.25) is 0 Å². The Labute approximate surface area is 183 Å². The van der Waals surface area contributed by atoms with Crippen molar-refractivity contribution in [3.8, 4) is 17.2 Å². The van der Waals surface area contributed by atoms with Crippen LogP contribution in [-0.4, -0.2) is 18.0 Å². The SMILES string of the molecule is COc1ccc(/C=C/C(=O)Cc2ccccc2COc2ccc(C(F)(F)F)cc2)cc1O. The van der Waals surface area contributed by atoms with E-state index in [1.165, 1.54) is 31.4 Å². The molecule has 0 radical (unpaired) electrons. The Morgan fingerprint density at radius 2 is 1.69 bits per heavy atom. The molecule has 0 atom stereocenters. The number of benzene rings is 3. The number of hydrogen-bond acceptors (Lipinski definition) is 4. The number of rotatable bonds is 8. The van der Waals surface area contributed by atoms with Crippen LogP contribution < -0.4 is 9.47 Å². The van der Waals surface area contributed by atoms with Gasteiger partial charge in [0.05, 0.1) is 12.7 Å². The van der Waals surface area contributed by atoms with Crippen LogP contribution >= 0.6 is 0 Å². The number of allylic oxidation sites excluding steroid dienone is 1. The average Bonchev–Trinajstić information content (AvgIpc) is 2.77. The van der Waals surface area contributed by atoms with E-state index in [-0.39, 0.29) is 24.6 Å². The Bertz CT molecular complexity index is 1100. The molecular formula is C25H21F3O4. The van der Waals surface area contributed by atoms with Gasteiger partial charge in [0.15, 0.2) is 17.3 Å². The molecule has 0 aromatic heterocycles. The smallest absolute Gasteiger partial charge is 0.416 e. The standard InChI is InChI=1S/C25H21F3O4/c1-31-24-13-7-17(14-23(24)30)6-10-21(29)15-18-4-2-3-5-19(18)16-32-22-11-8-20(9-12-22)25(26,27)28/h2-14,30H,15-16H2,1H3/b10-6+. The summed E-state index contributed by atoms with van der Waals surface area (Å²) in [6.07, 6.45) is -1.24. The molecular weight excluding hydrogens is 421 g/mol. The van der Waals surface area contributed by atoms with Crippen LogP contribution in [0.5, 0.6) is 17.2 Å². The van der Waals surface area contributed by atoms with Gasteiger partial charge >= 0.3 is 6.18 Å². The quantitative estimate of drug-likeness (QED) is 0.447. The largest absolute Gasteiger partial charge is 0.504 e. The topological polar surface area (TPSA) is 55.8 Å². The van der Waals surface area contributed by atoms with Crippen LogP contribution in [0.15, 0.2) is 72.8 Å². The minimum Gasteiger partial charge on any atom is -0.504 e. The molecule has 0 saturated heterocycles. The number of carbonyl (C=O) groups is 1. The zero-order chi connectivity index (χ0) is 23.1. The van der Waals surface area contributed by atoms with Gasteiger partial charge < -0.3 is 14.6 Å². The van der Waals surface area contributed by atoms with E-state index in [2.05, 4.69) is 0 Å². The molecule has 1 N–H and O–H groups in total. The number of alkyl halides is 3. The van der Waals surface area contributed by atoms with Gasteiger partial charge in [-0.1, -0.05) is 36.4 Å². The predicted octanol–water partition coefficient (Wildman–Crippen LogP) is 5.82. The van der Waals surface area contributed by atoms with Gasteiger partial charge in [-0.05, 0) is 59.2 Å². The first-order chi connectivity index (χ1) is 15.3.